The monoisotopic (exact) mass is 307 g/mol. The molecule has 2 rings (SSSR count). The topological polar surface area (TPSA) is 114 Å². The Bertz CT molecular complexity index is 788. The van der Waals surface area contributed by atoms with E-state index in [1.54, 1.807) is 24.3 Å². The number of rotatable bonds is 4. The molecule has 0 bridgehead atoms. The average molecular weight is 307 g/mol. The number of benzene rings is 2. The smallest absolute Gasteiger partial charge is 0.294 e. The Morgan fingerprint density at radius 3 is 2.38 bits per heavy atom. The predicted molar refractivity (Wildman–Crippen MR) is 77.8 cm³/mol. The number of anilines is 1. The van der Waals surface area contributed by atoms with Crippen LogP contribution in [0, 0.1) is 0 Å². The number of nitrogens with two attached hydrogens (primary N) is 1. The van der Waals surface area contributed by atoms with Gasteiger partial charge in [0.15, 0.2) is 0 Å². The molecule has 0 saturated heterocycles. The van der Waals surface area contributed by atoms with Gasteiger partial charge in [-0.05, 0) is 30.3 Å². The molecule has 110 valence electrons. The molecule has 2 aromatic rings. The first kappa shape index (κ1) is 14.9. The normalized spacial score (nSPS) is 11.7. The minimum absolute atomic E-state index is 0.242. The van der Waals surface area contributed by atoms with Crippen LogP contribution >= 0.6 is 0 Å². The third-order valence-corrected chi connectivity index (χ3v) is 3.46. The van der Waals surface area contributed by atoms with Gasteiger partial charge in [0.25, 0.3) is 10.1 Å². The largest absolute Gasteiger partial charge is 0.495 e. The summed E-state index contributed by atoms with van der Waals surface area (Å²) in [7, 11) is -2.77. The molecule has 0 atom stereocenters. The zero-order chi connectivity index (χ0) is 15.5. The van der Waals surface area contributed by atoms with E-state index < -0.39 is 10.1 Å². The third kappa shape index (κ3) is 3.77. The second kappa shape index (κ2) is 5.90. The van der Waals surface area contributed by atoms with Crippen LogP contribution in [0.2, 0.25) is 0 Å². The molecule has 0 fully saturated rings. The van der Waals surface area contributed by atoms with Crippen LogP contribution in [0.1, 0.15) is 0 Å². The maximum atomic E-state index is 11.0. The molecular formula is C13H13N3O4S. The van der Waals surface area contributed by atoms with E-state index in [4.69, 9.17) is 15.0 Å². The molecule has 0 heterocycles. The molecule has 0 unspecified atom stereocenters. The van der Waals surface area contributed by atoms with E-state index in [2.05, 4.69) is 10.2 Å². The number of hydrogen-bond acceptors (Lipinski definition) is 6. The van der Waals surface area contributed by atoms with Gasteiger partial charge in [0.2, 0.25) is 0 Å². The molecule has 3 N–H and O–H groups in total. The molecule has 0 spiro atoms. The minimum Gasteiger partial charge on any atom is -0.495 e. The van der Waals surface area contributed by atoms with Crippen LogP contribution in [-0.2, 0) is 10.1 Å². The van der Waals surface area contributed by atoms with E-state index in [0.29, 0.717) is 22.8 Å². The lowest BCUT2D eigenvalue weighted by molar-refractivity contribution is 0.417. The summed E-state index contributed by atoms with van der Waals surface area (Å²) in [5, 5.41) is 7.87. The Hall–Kier alpha value is -2.45. The Morgan fingerprint density at radius 1 is 1.10 bits per heavy atom. The summed E-state index contributed by atoms with van der Waals surface area (Å²) in [4.78, 5) is -0.242. The molecule has 0 saturated carbocycles. The van der Waals surface area contributed by atoms with Crippen molar-refractivity contribution in [2.45, 2.75) is 4.90 Å². The van der Waals surface area contributed by atoms with Crippen molar-refractivity contribution in [3.8, 4) is 5.75 Å². The fraction of sp³-hybridized carbons (Fsp3) is 0.0769. The van der Waals surface area contributed by atoms with Gasteiger partial charge in [0.1, 0.15) is 5.75 Å². The zero-order valence-electron chi connectivity index (χ0n) is 11.1. The number of nitrogen functional groups attached to an aromatic ring is 1. The number of methoxy groups -OCH3 is 1. The van der Waals surface area contributed by atoms with Gasteiger partial charge in [-0.2, -0.15) is 18.6 Å². The van der Waals surface area contributed by atoms with Gasteiger partial charge in [-0.1, -0.05) is 6.07 Å². The highest BCUT2D eigenvalue weighted by Crippen LogP contribution is 2.28. The van der Waals surface area contributed by atoms with Gasteiger partial charge in [0.05, 0.1) is 29.1 Å². The first-order valence-electron chi connectivity index (χ1n) is 5.83. The standard InChI is InChI=1S/C13H13N3O4S/c1-20-13-8-10(5-6-12(13)14)16-15-9-3-2-4-11(7-9)21(17,18)19/h2-8H,14H2,1H3,(H,17,18,19)/b16-15+. The predicted octanol–water partition coefficient (Wildman–Crippen LogP) is 2.94. The van der Waals surface area contributed by atoms with Gasteiger partial charge in [-0.3, -0.25) is 4.55 Å². The number of hydrogen-bond donors (Lipinski definition) is 2. The highest BCUT2D eigenvalue weighted by Gasteiger charge is 2.09. The Kier molecular flexibility index (Phi) is 4.20. The van der Waals surface area contributed by atoms with Crippen molar-refractivity contribution < 1.29 is 17.7 Å². The van der Waals surface area contributed by atoms with Crippen molar-refractivity contribution in [3.63, 3.8) is 0 Å². The molecule has 0 aromatic heterocycles. The third-order valence-electron chi connectivity index (χ3n) is 2.61. The lowest BCUT2D eigenvalue weighted by Gasteiger charge is -2.03. The fourth-order valence-electron chi connectivity index (χ4n) is 1.58. The summed E-state index contributed by atoms with van der Waals surface area (Å²) < 4.78 is 36.1. The molecule has 21 heavy (non-hydrogen) atoms. The van der Waals surface area contributed by atoms with Crippen LogP contribution in [-0.4, -0.2) is 20.1 Å². The van der Waals surface area contributed by atoms with Gasteiger partial charge < -0.3 is 10.5 Å². The summed E-state index contributed by atoms with van der Waals surface area (Å²) in [5.41, 5.74) is 6.95. The molecule has 0 radical (unpaired) electrons. The van der Waals surface area contributed by atoms with Crippen LogP contribution in [0.15, 0.2) is 57.6 Å². The van der Waals surface area contributed by atoms with Crippen LogP contribution in [0.5, 0.6) is 5.75 Å². The molecule has 0 aliphatic heterocycles. The Morgan fingerprint density at radius 2 is 1.76 bits per heavy atom. The summed E-state index contributed by atoms with van der Waals surface area (Å²) in [6.45, 7) is 0. The SMILES string of the molecule is COc1cc(/N=N/c2cccc(S(=O)(=O)O)c2)ccc1N. The fourth-order valence-corrected chi connectivity index (χ4v) is 2.10. The van der Waals surface area contributed by atoms with E-state index >= 15 is 0 Å². The molecular weight excluding hydrogens is 294 g/mol. The van der Waals surface area contributed by atoms with Gasteiger partial charge >= 0.3 is 0 Å². The van der Waals surface area contributed by atoms with Gasteiger partial charge in [-0.15, -0.1) is 0 Å². The van der Waals surface area contributed by atoms with E-state index in [-0.39, 0.29) is 4.90 Å². The molecule has 8 heteroatoms. The van der Waals surface area contributed by atoms with Crippen molar-refractivity contribution in [3.05, 3.63) is 42.5 Å². The van der Waals surface area contributed by atoms with Crippen molar-refractivity contribution in [1.29, 1.82) is 0 Å². The van der Waals surface area contributed by atoms with Crippen molar-refractivity contribution in [2.75, 3.05) is 12.8 Å². The van der Waals surface area contributed by atoms with Gasteiger partial charge in [-0.25, -0.2) is 0 Å². The van der Waals surface area contributed by atoms with Crippen molar-refractivity contribution in [2.24, 2.45) is 10.2 Å². The molecule has 0 aliphatic rings. The van der Waals surface area contributed by atoms with Crippen molar-refractivity contribution in [1.82, 2.24) is 0 Å². The minimum atomic E-state index is -4.26. The van der Waals surface area contributed by atoms with Crippen LogP contribution in [0.3, 0.4) is 0 Å². The van der Waals surface area contributed by atoms with Gasteiger partial charge in [0, 0.05) is 6.07 Å². The highest BCUT2D eigenvalue weighted by molar-refractivity contribution is 7.85. The van der Waals surface area contributed by atoms with E-state index in [1.165, 1.54) is 25.3 Å². The summed E-state index contributed by atoms with van der Waals surface area (Å²) in [5.74, 6) is 0.470. The van der Waals surface area contributed by atoms with E-state index in [9.17, 15) is 8.42 Å². The second-order valence-corrected chi connectivity index (χ2v) is 5.52. The number of nitrogens with zero attached hydrogens (tertiary/aromatic N) is 2. The molecule has 7 nitrogen and oxygen atoms in total. The van der Waals surface area contributed by atoms with Crippen LogP contribution in [0.25, 0.3) is 0 Å². The second-order valence-electron chi connectivity index (χ2n) is 4.10. The maximum absolute atomic E-state index is 11.0. The quantitative estimate of drug-likeness (QED) is 0.512. The lowest BCUT2D eigenvalue weighted by Crippen LogP contribution is -1.96. The highest BCUT2D eigenvalue weighted by atomic mass is 32.2. The first-order valence-corrected chi connectivity index (χ1v) is 7.27. The van der Waals surface area contributed by atoms with E-state index in [0.717, 1.165) is 0 Å². The Labute approximate surface area is 121 Å². The Balaban J connectivity index is 2.30. The van der Waals surface area contributed by atoms with Crippen molar-refractivity contribution >= 4 is 27.2 Å². The lowest BCUT2D eigenvalue weighted by atomic mass is 10.2. The zero-order valence-corrected chi connectivity index (χ0v) is 11.9. The number of ether oxygens (including phenoxy) is 1. The first-order chi connectivity index (χ1) is 9.90. The number of azo groups is 1. The molecule has 0 aliphatic carbocycles. The summed E-state index contributed by atoms with van der Waals surface area (Å²) >= 11 is 0. The maximum Gasteiger partial charge on any atom is 0.294 e. The summed E-state index contributed by atoms with van der Waals surface area (Å²) in [6, 6.07) is 10.4. The molecule has 2 aromatic carbocycles. The summed E-state index contributed by atoms with van der Waals surface area (Å²) in [6.07, 6.45) is 0. The van der Waals surface area contributed by atoms with E-state index in [1.807, 2.05) is 0 Å². The van der Waals surface area contributed by atoms with Crippen LogP contribution < -0.4 is 10.5 Å². The molecule has 0 amide bonds. The van der Waals surface area contributed by atoms with Crippen LogP contribution in [0.4, 0.5) is 17.1 Å². The average Bonchev–Trinajstić information content (AvgIpc) is 2.46.